The fourth-order valence-corrected chi connectivity index (χ4v) is 1.50. The zero-order chi connectivity index (χ0) is 10.7. The van der Waals surface area contributed by atoms with Crippen LogP contribution in [0.1, 0.15) is 5.56 Å². The van der Waals surface area contributed by atoms with Crippen LogP contribution in [0.3, 0.4) is 0 Å². The lowest BCUT2D eigenvalue weighted by molar-refractivity contribution is 0.410. The standard InChI is InChI=1S/C11H13N3O/c1-15-11-3-2-10(6-9(11)7-12)14-5-4-13-8-14/h2-6,8H,7,12H2,1H3. The number of benzene rings is 1. The summed E-state index contributed by atoms with van der Waals surface area (Å²) in [6.07, 6.45) is 5.39. The number of rotatable bonds is 3. The Balaban J connectivity index is 2.43. The van der Waals surface area contributed by atoms with E-state index >= 15 is 0 Å². The van der Waals surface area contributed by atoms with Gasteiger partial charge in [-0.25, -0.2) is 4.98 Å². The average Bonchev–Trinajstić information content (AvgIpc) is 2.81. The Labute approximate surface area is 88.3 Å². The average molecular weight is 203 g/mol. The summed E-state index contributed by atoms with van der Waals surface area (Å²) in [5, 5.41) is 0. The fourth-order valence-electron chi connectivity index (χ4n) is 1.50. The molecule has 15 heavy (non-hydrogen) atoms. The molecule has 0 aliphatic heterocycles. The van der Waals surface area contributed by atoms with Crippen LogP contribution in [0, 0.1) is 0 Å². The summed E-state index contributed by atoms with van der Waals surface area (Å²) in [5.74, 6) is 0.821. The van der Waals surface area contributed by atoms with Crippen LogP contribution in [-0.4, -0.2) is 16.7 Å². The molecule has 0 aliphatic rings. The van der Waals surface area contributed by atoms with Crippen molar-refractivity contribution < 1.29 is 4.74 Å². The molecule has 0 aliphatic carbocycles. The predicted octanol–water partition coefficient (Wildman–Crippen LogP) is 1.34. The second-order valence-corrected chi connectivity index (χ2v) is 3.17. The van der Waals surface area contributed by atoms with Crippen molar-refractivity contribution >= 4 is 0 Å². The van der Waals surface area contributed by atoms with Gasteiger partial charge in [0, 0.05) is 30.2 Å². The highest BCUT2D eigenvalue weighted by molar-refractivity contribution is 5.44. The van der Waals surface area contributed by atoms with Crippen LogP contribution in [0.2, 0.25) is 0 Å². The van der Waals surface area contributed by atoms with E-state index < -0.39 is 0 Å². The molecule has 2 N–H and O–H groups in total. The van der Waals surface area contributed by atoms with Gasteiger partial charge in [-0.15, -0.1) is 0 Å². The highest BCUT2D eigenvalue weighted by atomic mass is 16.5. The summed E-state index contributed by atoms with van der Waals surface area (Å²) < 4.78 is 7.13. The summed E-state index contributed by atoms with van der Waals surface area (Å²) in [6, 6.07) is 5.89. The molecule has 4 heteroatoms. The molecule has 0 fully saturated rings. The van der Waals surface area contributed by atoms with Crippen LogP contribution in [0.25, 0.3) is 5.69 Å². The van der Waals surface area contributed by atoms with Gasteiger partial charge in [-0.05, 0) is 18.2 Å². The molecule has 2 aromatic rings. The second kappa shape index (κ2) is 4.14. The highest BCUT2D eigenvalue weighted by Crippen LogP contribution is 2.21. The minimum absolute atomic E-state index is 0.464. The molecule has 0 unspecified atom stereocenters. The van der Waals surface area contributed by atoms with Gasteiger partial charge >= 0.3 is 0 Å². The van der Waals surface area contributed by atoms with Gasteiger partial charge in [-0.1, -0.05) is 0 Å². The Morgan fingerprint density at radius 3 is 2.93 bits per heavy atom. The van der Waals surface area contributed by atoms with Gasteiger partial charge in [0.05, 0.1) is 13.4 Å². The number of ether oxygens (including phenoxy) is 1. The van der Waals surface area contributed by atoms with Crippen molar-refractivity contribution in [2.45, 2.75) is 6.54 Å². The number of imidazole rings is 1. The zero-order valence-electron chi connectivity index (χ0n) is 8.55. The van der Waals surface area contributed by atoms with E-state index in [4.69, 9.17) is 10.5 Å². The predicted molar refractivity (Wildman–Crippen MR) is 58.0 cm³/mol. The number of nitrogens with zero attached hydrogens (tertiary/aromatic N) is 2. The highest BCUT2D eigenvalue weighted by Gasteiger charge is 2.03. The van der Waals surface area contributed by atoms with Crippen molar-refractivity contribution in [3.63, 3.8) is 0 Å². The summed E-state index contributed by atoms with van der Waals surface area (Å²) in [6.45, 7) is 0.464. The van der Waals surface area contributed by atoms with E-state index in [-0.39, 0.29) is 0 Å². The van der Waals surface area contributed by atoms with E-state index in [1.807, 2.05) is 29.0 Å². The molecule has 0 radical (unpaired) electrons. The van der Waals surface area contributed by atoms with Gasteiger partial charge in [0.1, 0.15) is 5.75 Å². The quantitative estimate of drug-likeness (QED) is 0.819. The zero-order valence-corrected chi connectivity index (χ0v) is 8.55. The van der Waals surface area contributed by atoms with Crippen molar-refractivity contribution in [2.24, 2.45) is 5.73 Å². The Morgan fingerprint density at radius 2 is 2.33 bits per heavy atom. The minimum Gasteiger partial charge on any atom is -0.496 e. The summed E-state index contributed by atoms with van der Waals surface area (Å²) in [4.78, 5) is 4.00. The van der Waals surface area contributed by atoms with Crippen LogP contribution in [0.5, 0.6) is 5.75 Å². The lowest BCUT2D eigenvalue weighted by Crippen LogP contribution is -2.01. The Morgan fingerprint density at radius 1 is 1.47 bits per heavy atom. The van der Waals surface area contributed by atoms with E-state index in [1.165, 1.54) is 0 Å². The smallest absolute Gasteiger partial charge is 0.123 e. The van der Waals surface area contributed by atoms with Gasteiger partial charge < -0.3 is 15.0 Å². The summed E-state index contributed by atoms with van der Waals surface area (Å²) in [5.41, 5.74) is 7.67. The maximum atomic E-state index is 5.64. The lowest BCUT2D eigenvalue weighted by Gasteiger charge is -2.09. The normalized spacial score (nSPS) is 10.3. The number of methoxy groups -OCH3 is 1. The van der Waals surface area contributed by atoms with Gasteiger partial charge in [0.2, 0.25) is 0 Å². The van der Waals surface area contributed by atoms with Crippen molar-refractivity contribution in [1.82, 2.24) is 9.55 Å². The molecule has 0 amide bonds. The second-order valence-electron chi connectivity index (χ2n) is 3.17. The molecule has 1 aromatic heterocycles. The van der Waals surface area contributed by atoms with E-state index in [0.717, 1.165) is 17.0 Å². The van der Waals surface area contributed by atoms with Crippen LogP contribution < -0.4 is 10.5 Å². The van der Waals surface area contributed by atoms with Crippen LogP contribution in [0.15, 0.2) is 36.9 Å². The molecular weight excluding hydrogens is 190 g/mol. The summed E-state index contributed by atoms with van der Waals surface area (Å²) in [7, 11) is 1.64. The third-order valence-corrected chi connectivity index (χ3v) is 2.29. The molecule has 0 bridgehead atoms. The minimum atomic E-state index is 0.464. The van der Waals surface area contributed by atoms with Crippen LogP contribution >= 0.6 is 0 Å². The van der Waals surface area contributed by atoms with E-state index in [2.05, 4.69) is 4.98 Å². The monoisotopic (exact) mass is 203 g/mol. The number of aromatic nitrogens is 2. The maximum absolute atomic E-state index is 5.64. The maximum Gasteiger partial charge on any atom is 0.123 e. The van der Waals surface area contributed by atoms with E-state index in [0.29, 0.717) is 6.54 Å². The molecule has 0 spiro atoms. The fraction of sp³-hybridized carbons (Fsp3) is 0.182. The SMILES string of the molecule is COc1ccc(-n2ccnc2)cc1CN. The Kier molecular flexibility index (Phi) is 2.69. The first-order chi connectivity index (χ1) is 7.35. The molecule has 2 rings (SSSR count). The lowest BCUT2D eigenvalue weighted by atomic mass is 10.2. The molecule has 0 atom stereocenters. The van der Waals surface area contributed by atoms with Gasteiger partial charge in [0.25, 0.3) is 0 Å². The third-order valence-electron chi connectivity index (χ3n) is 2.29. The molecule has 4 nitrogen and oxygen atoms in total. The van der Waals surface area contributed by atoms with E-state index in [1.54, 1.807) is 19.6 Å². The topological polar surface area (TPSA) is 53.1 Å². The third kappa shape index (κ3) is 1.85. The first-order valence-corrected chi connectivity index (χ1v) is 4.70. The van der Waals surface area contributed by atoms with Gasteiger partial charge in [0.15, 0.2) is 0 Å². The van der Waals surface area contributed by atoms with Crippen LogP contribution in [0.4, 0.5) is 0 Å². The molecule has 1 heterocycles. The van der Waals surface area contributed by atoms with Gasteiger partial charge in [-0.2, -0.15) is 0 Å². The van der Waals surface area contributed by atoms with Gasteiger partial charge in [-0.3, -0.25) is 0 Å². The molecule has 0 saturated carbocycles. The van der Waals surface area contributed by atoms with Crippen molar-refractivity contribution in [1.29, 1.82) is 0 Å². The molecule has 1 aromatic carbocycles. The largest absolute Gasteiger partial charge is 0.496 e. The van der Waals surface area contributed by atoms with Crippen LogP contribution in [-0.2, 0) is 6.54 Å². The molecule has 78 valence electrons. The number of nitrogens with two attached hydrogens (primary N) is 1. The number of hydrogen-bond acceptors (Lipinski definition) is 3. The molecular formula is C11H13N3O. The first kappa shape index (κ1) is 9.73. The van der Waals surface area contributed by atoms with Crippen molar-refractivity contribution in [3.05, 3.63) is 42.5 Å². The number of hydrogen-bond donors (Lipinski definition) is 1. The Hall–Kier alpha value is -1.81. The first-order valence-electron chi connectivity index (χ1n) is 4.70. The van der Waals surface area contributed by atoms with Crippen molar-refractivity contribution in [2.75, 3.05) is 7.11 Å². The van der Waals surface area contributed by atoms with E-state index in [9.17, 15) is 0 Å². The Bertz CT molecular complexity index is 437. The van der Waals surface area contributed by atoms with Crippen molar-refractivity contribution in [3.8, 4) is 11.4 Å². The summed E-state index contributed by atoms with van der Waals surface area (Å²) >= 11 is 0. The molecule has 0 saturated heterocycles.